The number of aliphatic hydroxyl groups is 1. The van der Waals surface area contributed by atoms with Gasteiger partial charge >= 0.3 is 0 Å². The van der Waals surface area contributed by atoms with Gasteiger partial charge < -0.3 is 14.6 Å². The van der Waals surface area contributed by atoms with Crippen LogP contribution >= 0.6 is 0 Å². The molecule has 0 saturated heterocycles. The van der Waals surface area contributed by atoms with Crippen molar-refractivity contribution in [2.45, 2.75) is 38.1 Å². The van der Waals surface area contributed by atoms with Crippen molar-refractivity contribution in [3.63, 3.8) is 0 Å². The molecule has 0 amide bonds. The Bertz CT molecular complexity index is 312. The van der Waals surface area contributed by atoms with E-state index in [1.54, 1.807) is 0 Å². The molecule has 1 aliphatic rings. The van der Waals surface area contributed by atoms with E-state index < -0.39 is 0 Å². The number of para-hydroxylation sites is 1. The molecule has 3 nitrogen and oxygen atoms in total. The second kappa shape index (κ2) is 5.32. The maximum atomic E-state index is 9.58. The lowest BCUT2D eigenvalue weighted by atomic mass is 9.88. The average molecular weight is 222 g/mol. The summed E-state index contributed by atoms with van der Waals surface area (Å²) in [6.07, 6.45) is 1.06. The molecule has 88 valence electrons. The minimum Gasteiger partial charge on any atom is -0.488 e. The largest absolute Gasteiger partial charge is 0.488 e. The Morgan fingerprint density at radius 2 is 2.06 bits per heavy atom. The first-order chi connectivity index (χ1) is 7.81. The topological polar surface area (TPSA) is 38.7 Å². The van der Waals surface area contributed by atoms with Gasteiger partial charge in [0.15, 0.2) is 0 Å². The molecule has 16 heavy (non-hydrogen) atoms. The highest BCUT2D eigenvalue weighted by atomic mass is 16.6. The van der Waals surface area contributed by atoms with Crippen molar-refractivity contribution in [2.24, 2.45) is 0 Å². The summed E-state index contributed by atoms with van der Waals surface area (Å²) < 4.78 is 11.3. The minimum absolute atomic E-state index is 0.0102. The molecule has 1 fully saturated rings. The molecule has 3 atom stereocenters. The maximum absolute atomic E-state index is 9.58. The first-order valence-electron chi connectivity index (χ1n) is 5.82. The summed E-state index contributed by atoms with van der Waals surface area (Å²) in [4.78, 5) is 0. The summed E-state index contributed by atoms with van der Waals surface area (Å²) in [6, 6.07) is 9.66. The summed E-state index contributed by atoms with van der Waals surface area (Å²) in [5, 5.41) is 9.58. The first kappa shape index (κ1) is 11.4. The Morgan fingerprint density at radius 1 is 1.31 bits per heavy atom. The van der Waals surface area contributed by atoms with Gasteiger partial charge in [-0.3, -0.25) is 0 Å². The number of ether oxygens (including phenoxy) is 2. The van der Waals surface area contributed by atoms with Gasteiger partial charge in [-0.1, -0.05) is 25.1 Å². The standard InChI is InChI=1S/C13H18O3/c1-2-8-15-13-11(14)9-12(13)16-10-6-4-3-5-7-10/h3-7,11-14H,2,8-9H2,1H3. The van der Waals surface area contributed by atoms with Gasteiger partial charge in [0.05, 0.1) is 6.10 Å². The summed E-state index contributed by atoms with van der Waals surface area (Å²) in [6.45, 7) is 2.73. The van der Waals surface area contributed by atoms with Gasteiger partial charge in [0.1, 0.15) is 18.0 Å². The molecular formula is C13H18O3. The molecule has 1 N–H and O–H groups in total. The van der Waals surface area contributed by atoms with Gasteiger partial charge in [-0.2, -0.15) is 0 Å². The molecule has 3 unspecified atom stereocenters. The van der Waals surface area contributed by atoms with Crippen LogP contribution in [0.25, 0.3) is 0 Å². The highest BCUT2D eigenvalue weighted by molar-refractivity contribution is 5.22. The lowest BCUT2D eigenvalue weighted by Crippen LogP contribution is -2.55. The molecule has 0 radical (unpaired) electrons. The zero-order valence-electron chi connectivity index (χ0n) is 9.50. The molecule has 1 aromatic carbocycles. The lowest BCUT2D eigenvalue weighted by molar-refractivity contribution is -0.162. The van der Waals surface area contributed by atoms with Gasteiger partial charge in [0, 0.05) is 13.0 Å². The molecular weight excluding hydrogens is 204 g/mol. The zero-order chi connectivity index (χ0) is 11.4. The number of hydrogen-bond donors (Lipinski definition) is 1. The van der Waals surface area contributed by atoms with Crippen molar-refractivity contribution in [3.05, 3.63) is 30.3 Å². The van der Waals surface area contributed by atoms with Crippen LogP contribution in [0, 0.1) is 0 Å². The Labute approximate surface area is 96.0 Å². The van der Waals surface area contributed by atoms with Crippen LogP contribution in [0.5, 0.6) is 5.75 Å². The Hall–Kier alpha value is -1.06. The van der Waals surface area contributed by atoms with E-state index in [4.69, 9.17) is 9.47 Å². The fourth-order valence-electron chi connectivity index (χ4n) is 1.82. The second-order valence-corrected chi connectivity index (χ2v) is 4.11. The maximum Gasteiger partial charge on any atom is 0.130 e. The van der Waals surface area contributed by atoms with Crippen molar-refractivity contribution < 1.29 is 14.6 Å². The molecule has 0 aromatic heterocycles. The zero-order valence-corrected chi connectivity index (χ0v) is 9.50. The SMILES string of the molecule is CCCOC1C(O)CC1Oc1ccccc1. The molecule has 3 heteroatoms. The Kier molecular flexibility index (Phi) is 3.80. The number of benzene rings is 1. The Morgan fingerprint density at radius 3 is 2.69 bits per heavy atom. The van der Waals surface area contributed by atoms with Crippen molar-refractivity contribution in [1.82, 2.24) is 0 Å². The highest BCUT2D eigenvalue weighted by Gasteiger charge is 2.42. The molecule has 0 spiro atoms. The minimum atomic E-state index is -0.375. The predicted octanol–water partition coefficient (Wildman–Crippen LogP) is 1.99. The van der Waals surface area contributed by atoms with Crippen LogP contribution in [-0.2, 0) is 4.74 Å². The van der Waals surface area contributed by atoms with Gasteiger partial charge in [-0.25, -0.2) is 0 Å². The van der Waals surface area contributed by atoms with E-state index in [1.807, 2.05) is 30.3 Å². The quantitative estimate of drug-likeness (QED) is 0.828. The first-order valence-corrected chi connectivity index (χ1v) is 5.82. The van der Waals surface area contributed by atoms with Crippen molar-refractivity contribution >= 4 is 0 Å². The van der Waals surface area contributed by atoms with Crippen LogP contribution in [0.3, 0.4) is 0 Å². The summed E-state index contributed by atoms with van der Waals surface area (Å²) in [5.41, 5.74) is 0. The fraction of sp³-hybridized carbons (Fsp3) is 0.538. The van der Waals surface area contributed by atoms with Gasteiger partial charge in [-0.05, 0) is 18.6 Å². The second-order valence-electron chi connectivity index (χ2n) is 4.11. The molecule has 2 rings (SSSR count). The number of rotatable bonds is 5. The van der Waals surface area contributed by atoms with Gasteiger partial charge in [0.25, 0.3) is 0 Å². The number of hydrogen-bond acceptors (Lipinski definition) is 3. The summed E-state index contributed by atoms with van der Waals surface area (Å²) >= 11 is 0. The van der Waals surface area contributed by atoms with Crippen molar-refractivity contribution in [1.29, 1.82) is 0 Å². The molecule has 1 saturated carbocycles. The Balaban J connectivity index is 1.86. The third-order valence-corrected chi connectivity index (χ3v) is 2.76. The lowest BCUT2D eigenvalue weighted by Gasteiger charge is -2.40. The fourth-order valence-corrected chi connectivity index (χ4v) is 1.82. The summed E-state index contributed by atoms with van der Waals surface area (Å²) in [5.74, 6) is 0.837. The van der Waals surface area contributed by atoms with Gasteiger partial charge in [-0.15, -0.1) is 0 Å². The van der Waals surface area contributed by atoms with E-state index in [0.717, 1.165) is 12.2 Å². The smallest absolute Gasteiger partial charge is 0.130 e. The molecule has 1 aliphatic carbocycles. The van der Waals surface area contributed by atoms with Crippen LogP contribution in [0.4, 0.5) is 0 Å². The van der Waals surface area contributed by atoms with E-state index >= 15 is 0 Å². The third-order valence-electron chi connectivity index (χ3n) is 2.76. The molecule has 0 bridgehead atoms. The van der Waals surface area contributed by atoms with Crippen molar-refractivity contribution in [2.75, 3.05) is 6.61 Å². The van der Waals surface area contributed by atoms with Gasteiger partial charge in [0.2, 0.25) is 0 Å². The van der Waals surface area contributed by atoms with Crippen LogP contribution in [0.15, 0.2) is 30.3 Å². The number of aliphatic hydroxyl groups excluding tert-OH is 1. The molecule has 0 heterocycles. The van der Waals surface area contributed by atoms with E-state index in [-0.39, 0.29) is 18.3 Å². The van der Waals surface area contributed by atoms with Crippen LogP contribution in [0.1, 0.15) is 19.8 Å². The predicted molar refractivity (Wildman–Crippen MR) is 61.5 cm³/mol. The van der Waals surface area contributed by atoms with Crippen LogP contribution < -0.4 is 4.74 Å². The van der Waals surface area contributed by atoms with E-state index in [9.17, 15) is 5.11 Å². The molecule has 0 aliphatic heterocycles. The summed E-state index contributed by atoms with van der Waals surface area (Å²) in [7, 11) is 0. The average Bonchev–Trinajstić information content (AvgIpc) is 2.30. The van der Waals surface area contributed by atoms with E-state index in [2.05, 4.69) is 6.92 Å². The van der Waals surface area contributed by atoms with E-state index in [0.29, 0.717) is 13.0 Å². The van der Waals surface area contributed by atoms with E-state index in [1.165, 1.54) is 0 Å². The van der Waals surface area contributed by atoms with Crippen LogP contribution in [-0.4, -0.2) is 30.0 Å². The third kappa shape index (κ3) is 2.54. The molecule has 1 aromatic rings. The monoisotopic (exact) mass is 222 g/mol. The van der Waals surface area contributed by atoms with Crippen molar-refractivity contribution in [3.8, 4) is 5.75 Å². The van der Waals surface area contributed by atoms with Crippen LogP contribution in [0.2, 0.25) is 0 Å². The normalized spacial score (nSPS) is 28.5. The highest BCUT2D eigenvalue weighted by Crippen LogP contribution is 2.28.